The van der Waals surface area contributed by atoms with Gasteiger partial charge in [-0.3, -0.25) is 4.90 Å². The summed E-state index contributed by atoms with van der Waals surface area (Å²) >= 11 is 0. The van der Waals surface area contributed by atoms with E-state index >= 15 is 0 Å². The quantitative estimate of drug-likeness (QED) is 0.710. The number of likely N-dealkylation sites (N-methyl/N-ethyl adjacent to an activating group) is 1. The first-order valence-electron chi connectivity index (χ1n) is 6.77. The van der Waals surface area contributed by atoms with Gasteiger partial charge in [-0.15, -0.1) is 0 Å². The second-order valence-corrected chi connectivity index (χ2v) is 4.78. The van der Waals surface area contributed by atoms with Crippen LogP contribution in [0.5, 0.6) is 0 Å². The van der Waals surface area contributed by atoms with Crippen molar-refractivity contribution in [2.24, 2.45) is 11.7 Å². The molecule has 1 rings (SSSR count). The van der Waals surface area contributed by atoms with Crippen molar-refractivity contribution >= 4 is 0 Å². The third-order valence-corrected chi connectivity index (χ3v) is 3.97. The van der Waals surface area contributed by atoms with E-state index in [1.54, 1.807) is 0 Å². The first-order chi connectivity index (χ1) is 7.33. The van der Waals surface area contributed by atoms with Gasteiger partial charge in [0.1, 0.15) is 0 Å². The summed E-state index contributed by atoms with van der Waals surface area (Å²) in [5.74, 6) is 0.859. The maximum atomic E-state index is 5.97. The fourth-order valence-electron chi connectivity index (χ4n) is 3.03. The fourth-order valence-corrected chi connectivity index (χ4v) is 3.03. The van der Waals surface area contributed by atoms with Crippen LogP contribution in [0.4, 0.5) is 0 Å². The van der Waals surface area contributed by atoms with E-state index in [-0.39, 0.29) is 0 Å². The summed E-state index contributed by atoms with van der Waals surface area (Å²) in [7, 11) is 0. The number of hydrogen-bond donors (Lipinski definition) is 1. The highest BCUT2D eigenvalue weighted by atomic mass is 15.2. The van der Waals surface area contributed by atoms with Crippen molar-refractivity contribution in [3.05, 3.63) is 0 Å². The Morgan fingerprint density at radius 2 is 1.60 bits per heavy atom. The van der Waals surface area contributed by atoms with Crippen molar-refractivity contribution < 1.29 is 0 Å². The Balaban J connectivity index is 2.53. The van der Waals surface area contributed by atoms with Crippen LogP contribution in [0.3, 0.4) is 0 Å². The molecule has 0 spiro atoms. The lowest BCUT2D eigenvalue weighted by atomic mass is 9.90. The SMILES string of the molecule is CCN(CC)C(CN)C1CCCCCC1. The topological polar surface area (TPSA) is 29.3 Å². The summed E-state index contributed by atoms with van der Waals surface area (Å²) in [5.41, 5.74) is 5.97. The number of rotatable bonds is 5. The maximum Gasteiger partial charge on any atom is 0.0246 e. The molecule has 2 heteroatoms. The average Bonchev–Trinajstić information content (AvgIpc) is 2.54. The first kappa shape index (κ1) is 13.0. The van der Waals surface area contributed by atoms with E-state index in [2.05, 4.69) is 18.7 Å². The highest BCUT2D eigenvalue weighted by Crippen LogP contribution is 2.27. The molecule has 0 amide bonds. The molecule has 1 aliphatic rings. The van der Waals surface area contributed by atoms with Crippen LogP contribution in [0, 0.1) is 5.92 Å². The van der Waals surface area contributed by atoms with Gasteiger partial charge in [0.2, 0.25) is 0 Å². The van der Waals surface area contributed by atoms with Crippen LogP contribution >= 0.6 is 0 Å². The van der Waals surface area contributed by atoms with Crippen LogP contribution in [-0.2, 0) is 0 Å². The Kier molecular flexibility index (Phi) is 6.26. The van der Waals surface area contributed by atoms with E-state index in [0.717, 1.165) is 25.6 Å². The molecule has 0 aromatic heterocycles. The summed E-state index contributed by atoms with van der Waals surface area (Å²) in [5, 5.41) is 0. The van der Waals surface area contributed by atoms with Crippen LogP contribution in [0.2, 0.25) is 0 Å². The van der Waals surface area contributed by atoms with Crippen molar-refractivity contribution in [1.82, 2.24) is 4.90 Å². The molecule has 15 heavy (non-hydrogen) atoms. The van der Waals surface area contributed by atoms with Gasteiger partial charge in [0.25, 0.3) is 0 Å². The minimum absolute atomic E-state index is 0.637. The molecule has 0 aromatic rings. The Hall–Kier alpha value is -0.0800. The van der Waals surface area contributed by atoms with Crippen molar-refractivity contribution in [3.63, 3.8) is 0 Å². The van der Waals surface area contributed by atoms with Crippen molar-refractivity contribution in [2.75, 3.05) is 19.6 Å². The largest absolute Gasteiger partial charge is 0.329 e. The number of nitrogens with zero attached hydrogens (tertiary/aromatic N) is 1. The molecule has 0 aromatic carbocycles. The standard InChI is InChI=1S/C13H28N2/c1-3-15(4-2)13(11-14)12-9-7-5-6-8-10-12/h12-13H,3-11,14H2,1-2H3. The second kappa shape index (κ2) is 7.24. The molecule has 0 bridgehead atoms. The molecule has 1 atom stereocenters. The van der Waals surface area contributed by atoms with Crippen LogP contribution < -0.4 is 5.73 Å². The molecule has 0 aliphatic heterocycles. The lowest BCUT2D eigenvalue weighted by Gasteiger charge is -2.34. The summed E-state index contributed by atoms with van der Waals surface area (Å²) < 4.78 is 0. The van der Waals surface area contributed by atoms with Gasteiger partial charge in [-0.05, 0) is 31.8 Å². The molecule has 2 N–H and O–H groups in total. The van der Waals surface area contributed by atoms with Gasteiger partial charge >= 0.3 is 0 Å². The fraction of sp³-hybridized carbons (Fsp3) is 1.00. The van der Waals surface area contributed by atoms with Gasteiger partial charge < -0.3 is 5.73 Å². The summed E-state index contributed by atoms with van der Waals surface area (Å²) in [6.07, 6.45) is 8.51. The van der Waals surface area contributed by atoms with E-state index < -0.39 is 0 Å². The monoisotopic (exact) mass is 212 g/mol. The van der Waals surface area contributed by atoms with E-state index in [1.165, 1.54) is 38.5 Å². The van der Waals surface area contributed by atoms with Crippen LogP contribution in [0.1, 0.15) is 52.4 Å². The van der Waals surface area contributed by atoms with Crippen LogP contribution in [0.25, 0.3) is 0 Å². The Morgan fingerprint density at radius 3 is 2.00 bits per heavy atom. The predicted molar refractivity (Wildman–Crippen MR) is 67.0 cm³/mol. The maximum absolute atomic E-state index is 5.97. The molecular formula is C13H28N2. The first-order valence-corrected chi connectivity index (χ1v) is 6.77. The molecule has 0 saturated heterocycles. The van der Waals surface area contributed by atoms with Crippen molar-refractivity contribution in [2.45, 2.75) is 58.4 Å². The van der Waals surface area contributed by atoms with Gasteiger partial charge in [0.05, 0.1) is 0 Å². The third-order valence-electron chi connectivity index (χ3n) is 3.97. The molecule has 1 aliphatic carbocycles. The predicted octanol–water partition coefficient (Wildman–Crippen LogP) is 2.63. The minimum Gasteiger partial charge on any atom is -0.329 e. The molecular weight excluding hydrogens is 184 g/mol. The number of hydrogen-bond acceptors (Lipinski definition) is 2. The zero-order valence-corrected chi connectivity index (χ0v) is 10.5. The normalized spacial score (nSPS) is 21.6. The summed E-state index contributed by atoms with van der Waals surface area (Å²) in [4.78, 5) is 2.55. The lowest BCUT2D eigenvalue weighted by Crippen LogP contribution is -2.45. The van der Waals surface area contributed by atoms with Gasteiger partial charge in [0.15, 0.2) is 0 Å². The Morgan fingerprint density at radius 1 is 1.07 bits per heavy atom. The Bertz CT molecular complexity index is 147. The third kappa shape index (κ3) is 3.76. The molecule has 0 radical (unpaired) electrons. The smallest absolute Gasteiger partial charge is 0.0246 e. The van der Waals surface area contributed by atoms with E-state index in [9.17, 15) is 0 Å². The van der Waals surface area contributed by atoms with Crippen molar-refractivity contribution in [1.29, 1.82) is 0 Å². The number of nitrogens with two attached hydrogens (primary N) is 1. The minimum atomic E-state index is 0.637. The van der Waals surface area contributed by atoms with E-state index in [0.29, 0.717) is 6.04 Å². The highest BCUT2D eigenvalue weighted by Gasteiger charge is 2.25. The lowest BCUT2D eigenvalue weighted by molar-refractivity contribution is 0.149. The molecule has 90 valence electrons. The van der Waals surface area contributed by atoms with Crippen molar-refractivity contribution in [3.8, 4) is 0 Å². The van der Waals surface area contributed by atoms with Crippen LogP contribution in [0.15, 0.2) is 0 Å². The van der Waals surface area contributed by atoms with Gasteiger partial charge in [-0.1, -0.05) is 39.5 Å². The van der Waals surface area contributed by atoms with Gasteiger partial charge in [0, 0.05) is 12.6 Å². The van der Waals surface area contributed by atoms with E-state index in [4.69, 9.17) is 5.73 Å². The summed E-state index contributed by atoms with van der Waals surface area (Å²) in [6.45, 7) is 7.64. The summed E-state index contributed by atoms with van der Waals surface area (Å²) in [6, 6.07) is 0.637. The van der Waals surface area contributed by atoms with Gasteiger partial charge in [-0.2, -0.15) is 0 Å². The van der Waals surface area contributed by atoms with Gasteiger partial charge in [-0.25, -0.2) is 0 Å². The second-order valence-electron chi connectivity index (χ2n) is 4.78. The molecule has 0 heterocycles. The molecule has 1 fully saturated rings. The zero-order chi connectivity index (χ0) is 11.1. The Labute approximate surface area is 95.2 Å². The average molecular weight is 212 g/mol. The molecule has 1 saturated carbocycles. The zero-order valence-electron chi connectivity index (χ0n) is 10.5. The highest BCUT2D eigenvalue weighted by molar-refractivity contribution is 4.81. The van der Waals surface area contributed by atoms with E-state index in [1.807, 2.05) is 0 Å². The van der Waals surface area contributed by atoms with Crippen LogP contribution in [-0.4, -0.2) is 30.6 Å². The molecule has 1 unspecified atom stereocenters. The molecule has 2 nitrogen and oxygen atoms in total.